The summed E-state index contributed by atoms with van der Waals surface area (Å²) in [7, 11) is 0. The Labute approximate surface area is 76.6 Å². The molecule has 0 aliphatic rings. The van der Waals surface area contributed by atoms with Crippen molar-refractivity contribution in [1.29, 1.82) is 0 Å². The van der Waals surface area contributed by atoms with E-state index in [-0.39, 0.29) is 5.75 Å². The Morgan fingerprint density at radius 2 is 1.91 bits per heavy atom. The van der Waals surface area contributed by atoms with Gasteiger partial charge in [-0.05, 0) is 0 Å². The molecule has 0 heterocycles. The zero-order valence-electron chi connectivity index (χ0n) is 6.37. The topological polar surface area (TPSA) is 37.3 Å². The minimum atomic E-state index is -1.35. The Morgan fingerprint density at radius 3 is 2.36 bits per heavy atom. The predicted octanol–water partition coefficient (Wildman–Crippen LogP) is 0.000500. The van der Waals surface area contributed by atoms with Gasteiger partial charge in [0.15, 0.2) is 0 Å². The van der Waals surface area contributed by atoms with Gasteiger partial charge in [-0.2, -0.15) is 0 Å². The maximum atomic E-state index is 10.7. The van der Waals surface area contributed by atoms with Crippen LogP contribution >= 0.6 is 0 Å². The Hall–Kier alpha value is -0.440. The van der Waals surface area contributed by atoms with E-state index in [1.54, 1.807) is 19.1 Å². The number of phenolic OH excluding ortho intramolecular Hbond substituents is 1. The van der Waals surface area contributed by atoms with Crippen LogP contribution in [0.2, 0.25) is 0 Å². The van der Waals surface area contributed by atoms with Crippen LogP contribution in [0.15, 0.2) is 24.3 Å². The van der Waals surface area contributed by atoms with E-state index in [1.165, 1.54) is 0 Å². The number of carbonyl (C=O) groups excluding carboxylic acids is 1. The third-order valence-corrected chi connectivity index (χ3v) is 5.32. The van der Waals surface area contributed by atoms with Gasteiger partial charge in [0.1, 0.15) is 0 Å². The van der Waals surface area contributed by atoms with Gasteiger partial charge in [0.25, 0.3) is 0 Å². The molecule has 0 aromatic heterocycles. The molecule has 1 aromatic carbocycles. The second kappa shape index (κ2) is 3.81. The van der Waals surface area contributed by atoms with Crippen LogP contribution in [0.1, 0.15) is 6.92 Å². The molecular formula is C8H9InO2. The van der Waals surface area contributed by atoms with Crippen LogP contribution in [0.25, 0.3) is 0 Å². The van der Waals surface area contributed by atoms with E-state index in [2.05, 4.69) is 0 Å². The fourth-order valence-electron chi connectivity index (χ4n) is 0.901. The monoisotopic (exact) mass is 252 g/mol. The van der Waals surface area contributed by atoms with Crippen molar-refractivity contribution < 1.29 is 9.90 Å². The molecule has 2 nitrogen and oxygen atoms in total. The number of benzene rings is 1. The first-order chi connectivity index (χ1) is 5.18. The summed E-state index contributed by atoms with van der Waals surface area (Å²) in [5.41, 5.74) is 0. The molecule has 0 fully saturated rings. The average molecular weight is 252 g/mol. The van der Waals surface area contributed by atoms with Gasteiger partial charge in [0.05, 0.1) is 0 Å². The SMILES string of the molecule is C[C](=O)[InH][c]1ccc(O)cc1. The molecular weight excluding hydrogens is 243 g/mol. The summed E-state index contributed by atoms with van der Waals surface area (Å²) in [6, 6.07) is 6.95. The van der Waals surface area contributed by atoms with Gasteiger partial charge in [0.2, 0.25) is 0 Å². The Bertz CT molecular complexity index is 253. The molecule has 0 radical (unpaired) electrons. The van der Waals surface area contributed by atoms with Gasteiger partial charge in [-0.15, -0.1) is 0 Å². The molecule has 0 aliphatic heterocycles. The predicted molar refractivity (Wildman–Crippen MR) is 45.6 cm³/mol. The van der Waals surface area contributed by atoms with Gasteiger partial charge >= 0.3 is 76.6 Å². The van der Waals surface area contributed by atoms with Gasteiger partial charge < -0.3 is 0 Å². The van der Waals surface area contributed by atoms with Gasteiger partial charge in [-0.3, -0.25) is 0 Å². The number of phenols is 1. The maximum absolute atomic E-state index is 10.7. The van der Waals surface area contributed by atoms with E-state index in [0.717, 1.165) is 3.32 Å². The molecule has 11 heavy (non-hydrogen) atoms. The van der Waals surface area contributed by atoms with E-state index < -0.39 is 22.9 Å². The van der Waals surface area contributed by atoms with E-state index >= 15 is 0 Å². The number of hydrogen-bond donors (Lipinski definition) is 1. The molecule has 0 bridgehead atoms. The molecule has 0 unspecified atom stereocenters. The molecule has 0 saturated heterocycles. The van der Waals surface area contributed by atoms with Crippen LogP contribution in [-0.4, -0.2) is 31.6 Å². The zero-order valence-corrected chi connectivity index (χ0v) is 10.4. The molecule has 3 heteroatoms. The standard InChI is InChI=1S/C6H5O.C2H3O.In.H/c7-6-4-2-1-3-5-6;1-2-3;;/h2-5,7H;1H3;;. The van der Waals surface area contributed by atoms with Crippen molar-refractivity contribution in [2.45, 2.75) is 6.92 Å². The fraction of sp³-hybridized carbons (Fsp3) is 0.125. The first-order valence-corrected chi connectivity index (χ1v) is 7.49. The fourth-order valence-corrected chi connectivity index (χ4v) is 3.89. The van der Waals surface area contributed by atoms with Crippen molar-refractivity contribution in [2.75, 3.05) is 0 Å². The minimum absolute atomic E-state index is 0.267. The average Bonchev–Trinajstić information content (AvgIpc) is 1.93. The molecule has 56 valence electrons. The number of carbonyl (C=O) groups is 1. The number of aromatic hydroxyl groups is 1. The Morgan fingerprint density at radius 1 is 1.36 bits per heavy atom. The van der Waals surface area contributed by atoms with Crippen LogP contribution < -0.4 is 3.32 Å². The molecule has 1 N–H and O–H groups in total. The Kier molecular flexibility index (Phi) is 3.00. The zero-order chi connectivity index (χ0) is 8.27. The second-order valence-electron chi connectivity index (χ2n) is 2.55. The first-order valence-electron chi connectivity index (χ1n) is 3.46. The number of rotatable bonds is 2. The second-order valence-corrected chi connectivity index (χ2v) is 8.73. The first kappa shape index (κ1) is 8.65. The van der Waals surface area contributed by atoms with E-state index in [0.29, 0.717) is 3.54 Å². The van der Waals surface area contributed by atoms with Crippen LogP contribution in [-0.2, 0) is 4.79 Å². The summed E-state index contributed by atoms with van der Waals surface area (Å²) >= 11 is -1.35. The van der Waals surface area contributed by atoms with Crippen LogP contribution in [0, 0.1) is 0 Å². The summed E-state index contributed by atoms with van der Waals surface area (Å²) in [6.07, 6.45) is 0. The van der Waals surface area contributed by atoms with E-state index in [1.807, 2.05) is 12.1 Å². The summed E-state index contributed by atoms with van der Waals surface area (Å²) in [6.45, 7) is 1.64. The van der Waals surface area contributed by atoms with Crippen molar-refractivity contribution in [3.05, 3.63) is 24.3 Å². The van der Waals surface area contributed by atoms with Crippen molar-refractivity contribution in [3.63, 3.8) is 0 Å². The van der Waals surface area contributed by atoms with Crippen molar-refractivity contribution in [1.82, 2.24) is 0 Å². The quantitative estimate of drug-likeness (QED) is 0.804. The normalized spacial score (nSPS) is 9.18. The Balaban J connectivity index is 2.74. The van der Waals surface area contributed by atoms with E-state index in [4.69, 9.17) is 5.11 Å². The molecule has 0 spiro atoms. The molecule has 0 aliphatic carbocycles. The molecule has 0 saturated carbocycles. The summed E-state index contributed by atoms with van der Waals surface area (Å²) in [5.74, 6) is 0.267. The summed E-state index contributed by atoms with van der Waals surface area (Å²) < 4.78 is 1.49. The molecule has 1 aromatic rings. The third-order valence-electron chi connectivity index (χ3n) is 1.39. The molecule has 0 atom stereocenters. The van der Waals surface area contributed by atoms with E-state index in [9.17, 15) is 4.79 Å². The third kappa shape index (κ3) is 2.97. The van der Waals surface area contributed by atoms with Crippen molar-refractivity contribution in [3.8, 4) is 5.75 Å². The molecule has 1 rings (SSSR count). The van der Waals surface area contributed by atoms with Crippen LogP contribution in [0.3, 0.4) is 0 Å². The van der Waals surface area contributed by atoms with Gasteiger partial charge in [-0.1, -0.05) is 0 Å². The van der Waals surface area contributed by atoms with Crippen LogP contribution in [0.5, 0.6) is 5.75 Å². The van der Waals surface area contributed by atoms with Gasteiger partial charge in [-0.25, -0.2) is 0 Å². The van der Waals surface area contributed by atoms with Crippen molar-refractivity contribution in [2.24, 2.45) is 0 Å². The van der Waals surface area contributed by atoms with Crippen molar-refractivity contribution >= 4 is 29.8 Å². The van der Waals surface area contributed by atoms with Crippen LogP contribution in [0.4, 0.5) is 0 Å². The summed E-state index contributed by atoms with van der Waals surface area (Å²) in [5, 5.41) is 8.93. The number of hydrogen-bond acceptors (Lipinski definition) is 2. The summed E-state index contributed by atoms with van der Waals surface area (Å²) in [4.78, 5) is 10.7. The molecule has 0 amide bonds. The van der Waals surface area contributed by atoms with Gasteiger partial charge in [0, 0.05) is 0 Å².